The monoisotopic (exact) mass is 213 g/mol. The zero-order valence-electron chi connectivity index (χ0n) is 7.23. The predicted octanol–water partition coefficient (Wildman–Crippen LogP) is -0.308. The van der Waals surface area contributed by atoms with Crippen LogP contribution in [-0.4, -0.2) is 49.8 Å². The van der Waals surface area contributed by atoms with Crippen LogP contribution in [-0.2, 0) is 14.8 Å². The van der Waals surface area contributed by atoms with E-state index in [1.165, 1.54) is 0 Å². The maximum Gasteiger partial charge on any atom is 0.318 e. The molecule has 0 radical (unpaired) electrons. The molecule has 0 saturated carbocycles. The first-order valence-electron chi connectivity index (χ1n) is 3.62. The number of likely N-dealkylation sites (N-methyl/N-ethyl adjacent to an activating group) is 1. The van der Waals surface area contributed by atoms with Crippen LogP contribution in [0.4, 0.5) is 4.39 Å². The summed E-state index contributed by atoms with van der Waals surface area (Å²) in [6.07, 6.45) is -0.105. The molecule has 0 aliphatic heterocycles. The van der Waals surface area contributed by atoms with Gasteiger partial charge in [0.05, 0.1) is 12.4 Å². The molecule has 0 bridgehead atoms. The second kappa shape index (κ2) is 5.13. The molecule has 0 aliphatic carbocycles. The summed E-state index contributed by atoms with van der Waals surface area (Å²) in [5.41, 5.74) is 0. The SMILES string of the molecule is CN(CC(=O)O)S(=O)(=O)CCCF. The second-order valence-electron chi connectivity index (χ2n) is 2.51. The number of sulfonamides is 1. The van der Waals surface area contributed by atoms with Gasteiger partial charge in [-0.15, -0.1) is 0 Å². The highest BCUT2D eigenvalue weighted by atomic mass is 32.2. The third-order valence-electron chi connectivity index (χ3n) is 1.37. The molecule has 13 heavy (non-hydrogen) atoms. The zero-order valence-corrected chi connectivity index (χ0v) is 8.05. The average Bonchev–Trinajstić information content (AvgIpc) is 1.99. The Hall–Kier alpha value is -0.690. The molecule has 0 spiro atoms. The van der Waals surface area contributed by atoms with E-state index >= 15 is 0 Å². The zero-order chi connectivity index (χ0) is 10.5. The van der Waals surface area contributed by atoms with Crippen molar-refractivity contribution < 1.29 is 22.7 Å². The fraction of sp³-hybridized carbons (Fsp3) is 0.833. The van der Waals surface area contributed by atoms with Crippen molar-refractivity contribution in [2.45, 2.75) is 6.42 Å². The highest BCUT2D eigenvalue weighted by Crippen LogP contribution is 2.00. The van der Waals surface area contributed by atoms with Gasteiger partial charge in [0, 0.05) is 7.05 Å². The highest BCUT2D eigenvalue weighted by molar-refractivity contribution is 7.89. The molecule has 0 aromatic rings. The molecule has 1 N–H and O–H groups in total. The Kier molecular flexibility index (Phi) is 4.86. The minimum absolute atomic E-state index is 0.105. The predicted molar refractivity (Wildman–Crippen MR) is 44.6 cm³/mol. The summed E-state index contributed by atoms with van der Waals surface area (Å²) in [6.45, 7) is -1.31. The maximum atomic E-state index is 11.7. The Morgan fingerprint density at radius 2 is 2.08 bits per heavy atom. The molecular formula is C6H12FNO4S. The fourth-order valence-corrected chi connectivity index (χ4v) is 1.77. The smallest absolute Gasteiger partial charge is 0.318 e. The first kappa shape index (κ1) is 12.3. The molecule has 7 heteroatoms. The van der Waals surface area contributed by atoms with Crippen LogP contribution in [0.25, 0.3) is 0 Å². The minimum Gasteiger partial charge on any atom is -0.480 e. The summed E-state index contributed by atoms with van der Waals surface area (Å²) in [7, 11) is -2.45. The van der Waals surface area contributed by atoms with Gasteiger partial charge in [0.1, 0.15) is 6.54 Å². The normalized spacial score (nSPS) is 11.9. The van der Waals surface area contributed by atoms with Crippen molar-refractivity contribution in [2.24, 2.45) is 0 Å². The fourth-order valence-electron chi connectivity index (χ4n) is 0.682. The highest BCUT2D eigenvalue weighted by Gasteiger charge is 2.19. The molecule has 0 amide bonds. The van der Waals surface area contributed by atoms with E-state index in [9.17, 15) is 17.6 Å². The van der Waals surface area contributed by atoms with E-state index < -0.39 is 29.2 Å². The molecule has 0 atom stereocenters. The first-order valence-corrected chi connectivity index (χ1v) is 5.23. The van der Waals surface area contributed by atoms with Crippen LogP contribution in [0.3, 0.4) is 0 Å². The number of rotatable bonds is 6. The summed E-state index contributed by atoms with van der Waals surface area (Å²) in [6, 6.07) is 0. The van der Waals surface area contributed by atoms with Crippen LogP contribution in [0.1, 0.15) is 6.42 Å². The van der Waals surface area contributed by atoms with Crippen LogP contribution >= 0.6 is 0 Å². The van der Waals surface area contributed by atoms with Crippen molar-refractivity contribution in [3.63, 3.8) is 0 Å². The molecule has 0 saturated heterocycles. The van der Waals surface area contributed by atoms with E-state index in [0.29, 0.717) is 4.31 Å². The minimum atomic E-state index is -3.60. The van der Waals surface area contributed by atoms with E-state index in [0.717, 1.165) is 7.05 Å². The first-order chi connectivity index (χ1) is 5.90. The number of nitrogens with zero attached hydrogens (tertiary/aromatic N) is 1. The number of carboxylic acid groups (broad SMARTS) is 1. The van der Waals surface area contributed by atoms with Gasteiger partial charge in [-0.25, -0.2) is 8.42 Å². The van der Waals surface area contributed by atoms with Gasteiger partial charge < -0.3 is 5.11 Å². The van der Waals surface area contributed by atoms with Gasteiger partial charge in [-0.3, -0.25) is 9.18 Å². The topological polar surface area (TPSA) is 74.7 Å². The van der Waals surface area contributed by atoms with Crippen LogP contribution in [0, 0.1) is 0 Å². The van der Waals surface area contributed by atoms with E-state index in [-0.39, 0.29) is 12.2 Å². The van der Waals surface area contributed by atoms with Crippen molar-refractivity contribution in [3.8, 4) is 0 Å². The summed E-state index contributed by atoms with van der Waals surface area (Å²) >= 11 is 0. The lowest BCUT2D eigenvalue weighted by Crippen LogP contribution is -2.33. The lowest BCUT2D eigenvalue weighted by atomic mass is 10.6. The maximum absolute atomic E-state index is 11.7. The van der Waals surface area contributed by atoms with Crippen molar-refractivity contribution in [2.75, 3.05) is 26.0 Å². The van der Waals surface area contributed by atoms with Crippen molar-refractivity contribution in [3.05, 3.63) is 0 Å². The molecule has 0 aromatic carbocycles. The van der Waals surface area contributed by atoms with Gasteiger partial charge in [0.15, 0.2) is 0 Å². The van der Waals surface area contributed by atoms with Gasteiger partial charge in [0.2, 0.25) is 10.0 Å². The van der Waals surface area contributed by atoms with Crippen molar-refractivity contribution in [1.82, 2.24) is 4.31 Å². The van der Waals surface area contributed by atoms with Crippen LogP contribution in [0.2, 0.25) is 0 Å². The Morgan fingerprint density at radius 3 is 2.46 bits per heavy atom. The van der Waals surface area contributed by atoms with E-state index in [1.807, 2.05) is 0 Å². The lowest BCUT2D eigenvalue weighted by Gasteiger charge is -2.13. The van der Waals surface area contributed by atoms with Crippen LogP contribution in [0.15, 0.2) is 0 Å². The van der Waals surface area contributed by atoms with Crippen LogP contribution < -0.4 is 0 Å². The van der Waals surface area contributed by atoms with Gasteiger partial charge >= 0.3 is 5.97 Å². The molecule has 0 aliphatic rings. The third kappa shape index (κ3) is 4.79. The molecule has 0 heterocycles. The molecule has 78 valence electrons. The van der Waals surface area contributed by atoms with E-state index in [4.69, 9.17) is 5.11 Å². The molecule has 0 fully saturated rings. The standard InChI is InChI=1S/C6H12FNO4S/c1-8(5-6(9)10)13(11,12)4-2-3-7/h2-5H2,1H3,(H,9,10). The average molecular weight is 213 g/mol. The van der Waals surface area contributed by atoms with Gasteiger partial charge in [-0.2, -0.15) is 4.31 Å². The summed E-state index contributed by atoms with van der Waals surface area (Å²) in [4.78, 5) is 10.2. The summed E-state index contributed by atoms with van der Waals surface area (Å²) in [5, 5.41) is 8.29. The number of aliphatic carboxylic acids is 1. The third-order valence-corrected chi connectivity index (χ3v) is 3.25. The summed E-state index contributed by atoms with van der Waals surface area (Å²) < 4.78 is 34.6. The van der Waals surface area contributed by atoms with Gasteiger partial charge in [0.25, 0.3) is 0 Å². The number of carboxylic acids is 1. The Bertz CT molecular complexity index is 264. The van der Waals surface area contributed by atoms with E-state index in [1.54, 1.807) is 0 Å². The molecular weight excluding hydrogens is 201 g/mol. The lowest BCUT2D eigenvalue weighted by molar-refractivity contribution is -0.137. The summed E-state index contributed by atoms with van der Waals surface area (Å²) in [5.74, 6) is -1.58. The molecule has 5 nitrogen and oxygen atoms in total. The van der Waals surface area contributed by atoms with Crippen molar-refractivity contribution in [1.29, 1.82) is 0 Å². The van der Waals surface area contributed by atoms with Crippen LogP contribution in [0.5, 0.6) is 0 Å². The Morgan fingerprint density at radius 1 is 1.54 bits per heavy atom. The number of alkyl halides is 1. The molecule has 0 rings (SSSR count). The van der Waals surface area contributed by atoms with Gasteiger partial charge in [-0.1, -0.05) is 0 Å². The second-order valence-corrected chi connectivity index (χ2v) is 4.70. The number of halogens is 1. The quantitative estimate of drug-likeness (QED) is 0.657. The molecule has 0 unspecified atom stereocenters. The number of hydrogen-bond donors (Lipinski definition) is 1. The Balaban J connectivity index is 4.20. The van der Waals surface area contributed by atoms with Crippen molar-refractivity contribution >= 4 is 16.0 Å². The largest absolute Gasteiger partial charge is 0.480 e. The Labute approximate surface area is 76.2 Å². The molecule has 0 aromatic heterocycles. The number of hydrogen-bond acceptors (Lipinski definition) is 3. The van der Waals surface area contributed by atoms with E-state index in [2.05, 4.69) is 0 Å². The number of carbonyl (C=O) groups is 1. The van der Waals surface area contributed by atoms with Gasteiger partial charge in [-0.05, 0) is 6.42 Å².